The van der Waals surface area contributed by atoms with E-state index in [0.29, 0.717) is 24.1 Å². The number of carbonyl (C=O) groups is 1. The largest absolute Gasteiger partial charge is 0.334 e. The molecular formula is C32H57N5O3. The summed E-state index contributed by atoms with van der Waals surface area (Å²) in [7, 11) is 3.42. The van der Waals surface area contributed by atoms with Gasteiger partial charge in [0, 0.05) is 27.6 Å². The van der Waals surface area contributed by atoms with E-state index in [2.05, 4.69) is 18.8 Å². The quantitative estimate of drug-likeness (QED) is 0.142. The lowest BCUT2D eigenvalue weighted by atomic mass is 10.1. The number of nitrogens with zero attached hydrogens (tertiary/aromatic N) is 5. The predicted molar refractivity (Wildman–Crippen MR) is 166 cm³/mol. The summed E-state index contributed by atoms with van der Waals surface area (Å²) in [5.74, 6) is -0.0838. The highest BCUT2D eigenvalue weighted by atomic mass is 16.2. The van der Waals surface area contributed by atoms with Crippen molar-refractivity contribution in [2.75, 3.05) is 6.54 Å². The van der Waals surface area contributed by atoms with Crippen molar-refractivity contribution in [1.29, 1.82) is 0 Å². The molecule has 2 aromatic rings. The van der Waals surface area contributed by atoms with Gasteiger partial charge >= 0.3 is 5.69 Å². The van der Waals surface area contributed by atoms with E-state index >= 15 is 0 Å². The molecule has 0 bridgehead atoms. The second-order valence-corrected chi connectivity index (χ2v) is 11.7. The Morgan fingerprint density at radius 1 is 0.775 bits per heavy atom. The molecular weight excluding hydrogens is 502 g/mol. The van der Waals surface area contributed by atoms with Crippen LogP contribution in [0.25, 0.3) is 11.2 Å². The molecule has 40 heavy (non-hydrogen) atoms. The maximum atomic E-state index is 13.7. The predicted octanol–water partition coefficient (Wildman–Crippen LogP) is 7.23. The number of fused-ring (bicyclic) bond motifs is 1. The minimum atomic E-state index is -0.582. The van der Waals surface area contributed by atoms with E-state index < -0.39 is 11.9 Å². The van der Waals surface area contributed by atoms with Crippen LogP contribution in [0.5, 0.6) is 0 Å². The van der Waals surface area contributed by atoms with E-state index in [1.807, 2.05) is 0 Å². The third-order valence-electron chi connectivity index (χ3n) is 8.28. The lowest BCUT2D eigenvalue weighted by Gasteiger charge is -2.32. The zero-order chi connectivity index (χ0) is 29.3. The molecule has 2 rings (SSSR count). The van der Waals surface area contributed by atoms with Crippen LogP contribution in [0.4, 0.5) is 0 Å². The third-order valence-corrected chi connectivity index (χ3v) is 8.28. The smallest absolute Gasteiger partial charge is 0.328 e. The Balaban J connectivity index is 2.11. The Bertz CT molecular complexity index is 1120. The molecule has 228 valence electrons. The van der Waals surface area contributed by atoms with Gasteiger partial charge in [0.15, 0.2) is 11.2 Å². The van der Waals surface area contributed by atoms with E-state index in [9.17, 15) is 14.4 Å². The topological polar surface area (TPSA) is 82.1 Å². The van der Waals surface area contributed by atoms with Gasteiger partial charge in [0.2, 0.25) is 5.91 Å². The van der Waals surface area contributed by atoms with Crippen LogP contribution in [-0.2, 0) is 18.9 Å². The molecule has 0 fully saturated rings. The van der Waals surface area contributed by atoms with Gasteiger partial charge in [0.25, 0.3) is 5.56 Å². The summed E-state index contributed by atoms with van der Waals surface area (Å²) in [6.45, 7) is 6.60. The fourth-order valence-corrected chi connectivity index (χ4v) is 5.80. The van der Waals surface area contributed by atoms with E-state index in [1.165, 1.54) is 86.2 Å². The molecule has 0 aliphatic heterocycles. The van der Waals surface area contributed by atoms with Gasteiger partial charge in [0.05, 0.1) is 6.33 Å². The van der Waals surface area contributed by atoms with E-state index in [1.54, 1.807) is 36.8 Å². The number of carbonyl (C=O) groups excluding carboxylic acids is 1. The molecule has 0 N–H and O–H groups in total. The zero-order valence-corrected chi connectivity index (χ0v) is 26.3. The van der Waals surface area contributed by atoms with Crippen LogP contribution in [-0.4, -0.2) is 36.0 Å². The summed E-state index contributed by atoms with van der Waals surface area (Å²) in [5.41, 5.74) is 0.00110. The van der Waals surface area contributed by atoms with Crippen molar-refractivity contribution in [3.8, 4) is 0 Å². The molecule has 0 radical (unpaired) electrons. The fraction of sp³-hybridized carbons (Fsp3) is 0.812. The maximum Gasteiger partial charge on any atom is 0.334 e. The molecule has 0 aliphatic carbocycles. The van der Waals surface area contributed by atoms with Gasteiger partial charge in [-0.05, 0) is 19.3 Å². The molecule has 8 nitrogen and oxygen atoms in total. The molecule has 0 spiro atoms. The van der Waals surface area contributed by atoms with Crippen LogP contribution in [0.3, 0.4) is 0 Å². The molecule has 8 heteroatoms. The lowest BCUT2D eigenvalue weighted by Crippen LogP contribution is -2.49. The van der Waals surface area contributed by atoms with Gasteiger partial charge < -0.3 is 9.47 Å². The molecule has 2 aromatic heterocycles. The first-order chi connectivity index (χ1) is 19.3. The van der Waals surface area contributed by atoms with Gasteiger partial charge in [-0.25, -0.2) is 14.3 Å². The number of aryl methyl sites for hydroxylation is 2. The number of aromatic nitrogens is 4. The first kappa shape index (κ1) is 33.8. The van der Waals surface area contributed by atoms with E-state index in [0.717, 1.165) is 38.5 Å². The van der Waals surface area contributed by atoms with Crippen molar-refractivity contribution in [2.24, 2.45) is 14.1 Å². The number of hydrogen-bond acceptors (Lipinski definition) is 4. The highest BCUT2D eigenvalue weighted by Crippen LogP contribution is 2.22. The fourth-order valence-electron chi connectivity index (χ4n) is 5.80. The number of imidazole rings is 1. The SMILES string of the molecule is CCCCCCCCCCCCN(C(C)=O)C(CCCCCCCCCC)n1c(=O)c2c(ncn2C)n(C)c1=O. The maximum absolute atomic E-state index is 13.7. The Morgan fingerprint density at radius 2 is 1.25 bits per heavy atom. The van der Waals surface area contributed by atoms with Gasteiger partial charge in [-0.3, -0.25) is 14.2 Å². The molecule has 1 unspecified atom stereocenters. The third kappa shape index (κ3) is 10.2. The van der Waals surface area contributed by atoms with Gasteiger partial charge in [-0.2, -0.15) is 0 Å². The van der Waals surface area contributed by atoms with Crippen LogP contribution in [0, 0.1) is 0 Å². The van der Waals surface area contributed by atoms with Crippen molar-refractivity contribution in [3.05, 3.63) is 27.2 Å². The van der Waals surface area contributed by atoms with Crippen LogP contribution in [0.2, 0.25) is 0 Å². The summed E-state index contributed by atoms with van der Waals surface area (Å²) in [6, 6.07) is 0. The van der Waals surface area contributed by atoms with E-state index in [-0.39, 0.29) is 11.5 Å². The van der Waals surface area contributed by atoms with Crippen LogP contribution < -0.4 is 11.2 Å². The van der Waals surface area contributed by atoms with Crippen LogP contribution in [0.15, 0.2) is 15.9 Å². The Hall–Kier alpha value is -2.38. The van der Waals surface area contributed by atoms with Crippen molar-refractivity contribution >= 4 is 17.1 Å². The molecule has 1 amide bonds. The monoisotopic (exact) mass is 559 g/mol. The molecule has 1 atom stereocenters. The Kier molecular flexibility index (Phi) is 16.0. The Morgan fingerprint density at radius 3 is 1.75 bits per heavy atom. The second-order valence-electron chi connectivity index (χ2n) is 11.7. The van der Waals surface area contributed by atoms with Gasteiger partial charge in [0.1, 0.15) is 6.17 Å². The average Bonchev–Trinajstić information content (AvgIpc) is 3.32. The van der Waals surface area contributed by atoms with Crippen molar-refractivity contribution in [3.63, 3.8) is 0 Å². The summed E-state index contributed by atoms with van der Waals surface area (Å²) in [4.78, 5) is 46.2. The van der Waals surface area contributed by atoms with Crippen LogP contribution in [0.1, 0.15) is 149 Å². The van der Waals surface area contributed by atoms with Gasteiger partial charge in [-0.15, -0.1) is 0 Å². The summed E-state index contributed by atoms with van der Waals surface area (Å²) in [5, 5.41) is 0. The standard InChI is InChI=1S/C32H57N5O3/c1-6-8-10-12-14-16-17-19-21-23-25-36(27(3)38)28(24-22-20-18-15-13-11-9-7-2)37-31(39)29-30(33-26-34(29)4)35(5)32(37)40/h26,28H,6-25H2,1-5H3. The van der Waals surface area contributed by atoms with Crippen molar-refractivity contribution < 1.29 is 4.79 Å². The summed E-state index contributed by atoms with van der Waals surface area (Å²) in [6.07, 6.45) is 23.1. The minimum absolute atomic E-state index is 0.0838. The average molecular weight is 560 g/mol. The highest BCUT2D eigenvalue weighted by molar-refractivity contribution is 5.73. The van der Waals surface area contributed by atoms with Crippen LogP contribution >= 0.6 is 0 Å². The first-order valence-corrected chi connectivity index (χ1v) is 16.2. The lowest BCUT2D eigenvalue weighted by molar-refractivity contribution is -0.133. The number of hydrogen-bond donors (Lipinski definition) is 0. The normalized spacial score (nSPS) is 12.3. The number of unbranched alkanes of at least 4 members (excludes halogenated alkanes) is 16. The van der Waals surface area contributed by atoms with Crippen molar-refractivity contribution in [1.82, 2.24) is 23.6 Å². The molecule has 2 heterocycles. The first-order valence-electron chi connectivity index (χ1n) is 16.2. The summed E-state index contributed by atoms with van der Waals surface area (Å²) < 4.78 is 4.43. The number of rotatable bonds is 22. The molecule has 0 aromatic carbocycles. The minimum Gasteiger partial charge on any atom is -0.328 e. The molecule has 0 saturated carbocycles. The molecule has 0 saturated heterocycles. The summed E-state index contributed by atoms with van der Waals surface area (Å²) >= 11 is 0. The zero-order valence-electron chi connectivity index (χ0n) is 26.3. The second kappa shape index (κ2) is 18.9. The Labute approximate surface area is 242 Å². The number of amides is 1. The highest BCUT2D eigenvalue weighted by Gasteiger charge is 2.27. The molecule has 0 aliphatic rings. The van der Waals surface area contributed by atoms with Gasteiger partial charge in [-0.1, -0.05) is 117 Å². The van der Waals surface area contributed by atoms with Crippen molar-refractivity contribution in [2.45, 2.75) is 149 Å². The van der Waals surface area contributed by atoms with E-state index in [4.69, 9.17) is 0 Å².